The van der Waals surface area contributed by atoms with Crippen molar-refractivity contribution in [2.75, 3.05) is 19.6 Å². The minimum atomic E-state index is -3.72. The second-order valence-electron chi connectivity index (χ2n) is 10.5. The molecule has 1 saturated heterocycles. The number of fused-ring (bicyclic) bond motifs is 1. The Labute approximate surface area is 219 Å². The van der Waals surface area contributed by atoms with Crippen LogP contribution in [0.15, 0.2) is 29.2 Å². The molecule has 0 aliphatic carbocycles. The molecule has 9 nitrogen and oxygen atoms in total. The van der Waals surface area contributed by atoms with E-state index in [2.05, 4.69) is 43.2 Å². The van der Waals surface area contributed by atoms with Crippen molar-refractivity contribution in [1.82, 2.24) is 28.8 Å². The SMILES string of the molecule is Cc1ccc(-c2cc3n(n2)CCCN(C(=O)C2CCCN(S(=O)(=O)c4c(C)nn(C)c4C)C2)C3)cc1C. The van der Waals surface area contributed by atoms with Gasteiger partial charge in [0, 0.05) is 38.8 Å². The Morgan fingerprint density at radius 2 is 1.76 bits per heavy atom. The Bertz CT molecular complexity index is 1450. The number of amides is 1. The number of aromatic nitrogens is 4. The highest BCUT2D eigenvalue weighted by molar-refractivity contribution is 7.89. The molecule has 2 aromatic heterocycles. The number of aryl methyl sites for hydroxylation is 5. The first-order valence-corrected chi connectivity index (χ1v) is 14.4. The molecule has 1 atom stereocenters. The van der Waals surface area contributed by atoms with Crippen molar-refractivity contribution in [3.05, 3.63) is 52.5 Å². The zero-order valence-electron chi connectivity index (χ0n) is 22.4. The Hall–Kier alpha value is -2.98. The number of benzene rings is 1. The molecule has 198 valence electrons. The van der Waals surface area contributed by atoms with E-state index in [-0.39, 0.29) is 23.3 Å². The Morgan fingerprint density at radius 3 is 2.46 bits per heavy atom. The van der Waals surface area contributed by atoms with Crippen LogP contribution in [0, 0.1) is 33.6 Å². The van der Waals surface area contributed by atoms with Crippen molar-refractivity contribution in [2.24, 2.45) is 13.0 Å². The molecule has 2 aliphatic heterocycles. The van der Waals surface area contributed by atoms with Crippen LogP contribution in [0.25, 0.3) is 11.3 Å². The lowest BCUT2D eigenvalue weighted by Crippen LogP contribution is -2.46. The van der Waals surface area contributed by atoms with Gasteiger partial charge in [0.1, 0.15) is 4.90 Å². The number of sulfonamides is 1. The zero-order chi connectivity index (χ0) is 26.5. The molecule has 1 fully saturated rings. The first kappa shape index (κ1) is 25.7. The summed E-state index contributed by atoms with van der Waals surface area (Å²) in [5, 5.41) is 9.13. The van der Waals surface area contributed by atoms with Crippen LogP contribution < -0.4 is 0 Å². The summed E-state index contributed by atoms with van der Waals surface area (Å²) >= 11 is 0. The number of hydrogen-bond acceptors (Lipinski definition) is 5. The third-order valence-electron chi connectivity index (χ3n) is 7.90. The highest BCUT2D eigenvalue weighted by atomic mass is 32.2. The van der Waals surface area contributed by atoms with Crippen molar-refractivity contribution in [3.8, 4) is 11.3 Å². The van der Waals surface area contributed by atoms with Crippen LogP contribution in [-0.4, -0.2) is 62.7 Å². The predicted molar refractivity (Wildman–Crippen MR) is 141 cm³/mol. The fourth-order valence-electron chi connectivity index (χ4n) is 5.57. The lowest BCUT2D eigenvalue weighted by atomic mass is 9.98. The maximum Gasteiger partial charge on any atom is 0.246 e. The van der Waals surface area contributed by atoms with Gasteiger partial charge < -0.3 is 4.90 Å². The van der Waals surface area contributed by atoms with E-state index in [1.807, 2.05) is 9.58 Å². The average Bonchev–Trinajstić information content (AvgIpc) is 3.31. The molecule has 1 aromatic carbocycles. The summed E-state index contributed by atoms with van der Waals surface area (Å²) in [4.78, 5) is 15.8. The average molecular weight is 525 g/mol. The lowest BCUT2D eigenvalue weighted by molar-refractivity contribution is -0.137. The zero-order valence-corrected chi connectivity index (χ0v) is 23.2. The van der Waals surface area contributed by atoms with Gasteiger partial charge in [-0.25, -0.2) is 8.42 Å². The molecule has 2 aliphatic rings. The first-order chi connectivity index (χ1) is 17.6. The minimum absolute atomic E-state index is 0.0295. The van der Waals surface area contributed by atoms with Gasteiger partial charge in [-0.05, 0) is 70.2 Å². The maximum absolute atomic E-state index is 13.7. The summed E-state index contributed by atoms with van der Waals surface area (Å²) in [6, 6.07) is 8.45. The van der Waals surface area contributed by atoms with Gasteiger partial charge in [0.25, 0.3) is 0 Å². The van der Waals surface area contributed by atoms with E-state index < -0.39 is 10.0 Å². The smallest absolute Gasteiger partial charge is 0.246 e. The molecule has 0 bridgehead atoms. The fourth-order valence-corrected chi connectivity index (χ4v) is 7.49. The molecular weight excluding hydrogens is 488 g/mol. The second kappa shape index (κ2) is 9.72. The molecule has 3 aromatic rings. The van der Waals surface area contributed by atoms with E-state index in [1.165, 1.54) is 15.4 Å². The van der Waals surface area contributed by atoms with Crippen LogP contribution in [0.5, 0.6) is 0 Å². The topological polar surface area (TPSA) is 93.3 Å². The van der Waals surface area contributed by atoms with Crippen molar-refractivity contribution < 1.29 is 13.2 Å². The number of nitrogens with zero attached hydrogens (tertiary/aromatic N) is 6. The molecular formula is C27H36N6O3S. The number of piperidine rings is 1. The van der Waals surface area contributed by atoms with Crippen LogP contribution in [0.3, 0.4) is 0 Å². The van der Waals surface area contributed by atoms with E-state index in [1.54, 1.807) is 25.6 Å². The summed E-state index contributed by atoms with van der Waals surface area (Å²) in [7, 11) is -1.98. The van der Waals surface area contributed by atoms with Crippen molar-refractivity contribution in [2.45, 2.75) is 64.9 Å². The first-order valence-electron chi connectivity index (χ1n) is 13.0. The van der Waals surface area contributed by atoms with Gasteiger partial charge in [0.15, 0.2) is 0 Å². The molecule has 5 rings (SSSR count). The van der Waals surface area contributed by atoms with Crippen LogP contribution in [0.1, 0.15) is 47.5 Å². The molecule has 0 N–H and O–H groups in total. The lowest BCUT2D eigenvalue weighted by Gasteiger charge is -2.34. The number of rotatable bonds is 4. The van der Waals surface area contributed by atoms with Crippen LogP contribution in [0.4, 0.5) is 0 Å². The summed E-state index contributed by atoms with van der Waals surface area (Å²) in [5.41, 5.74) is 6.60. The Kier molecular flexibility index (Phi) is 6.74. The van der Waals surface area contributed by atoms with Crippen LogP contribution in [-0.2, 0) is 35.0 Å². The molecule has 10 heteroatoms. The van der Waals surface area contributed by atoms with Crippen molar-refractivity contribution >= 4 is 15.9 Å². The summed E-state index contributed by atoms with van der Waals surface area (Å²) < 4.78 is 32.1. The summed E-state index contributed by atoms with van der Waals surface area (Å²) in [6.45, 7) is 10.2. The highest BCUT2D eigenvalue weighted by Gasteiger charge is 2.37. The third kappa shape index (κ3) is 4.72. The van der Waals surface area contributed by atoms with Crippen molar-refractivity contribution in [1.29, 1.82) is 0 Å². The monoisotopic (exact) mass is 524 g/mol. The summed E-state index contributed by atoms with van der Waals surface area (Å²) in [5.74, 6) is -0.323. The normalized spacial score (nSPS) is 19.1. The van der Waals surface area contributed by atoms with E-state index in [9.17, 15) is 13.2 Å². The fraction of sp³-hybridized carbons (Fsp3) is 0.519. The summed E-state index contributed by atoms with van der Waals surface area (Å²) in [6.07, 6.45) is 2.17. The van der Waals surface area contributed by atoms with Crippen LogP contribution in [0.2, 0.25) is 0 Å². The minimum Gasteiger partial charge on any atom is -0.336 e. The van der Waals surface area contributed by atoms with Gasteiger partial charge in [-0.15, -0.1) is 0 Å². The largest absolute Gasteiger partial charge is 0.336 e. The maximum atomic E-state index is 13.7. The predicted octanol–water partition coefficient (Wildman–Crippen LogP) is 3.35. The molecule has 0 radical (unpaired) electrons. The van der Waals surface area contributed by atoms with Gasteiger partial charge in [0.2, 0.25) is 15.9 Å². The van der Waals surface area contributed by atoms with E-state index >= 15 is 0 Å². The van der Waals surface area contributed by atoms with Gasteiger partial charge >= 0.3 is 0 Å². The highest BCUT2D eigenvalue weighted by Crippen LogP contribution is 2.30. The quantitative estimate of drug-likeness (QED) is 0.522. The second-order valence-corrected chi connectivity index (χ2v) is 12.4. The Morgan fingerprint density at radius 1 is 0.973 bits per heavy atom. The number of carbonyl (C=O) groups excluding carboxylic acids is 1. The molecule has 1 unspecified atom stereocenters. The van der Waals surface area contributed by atoms with Crippen molar-refractivity contribution in [3.63, 3.8) is 0 Å². The molecule has 0 spiro atoms. The van der Waals surface area contributed by atoms with Gasteiger partial charge in [-0.2, -0.15) is 14.5 Å². The number of carbonyl (C=O) groups is 1. The van der Waals surface area contributed by atoms with Gasteiger partial charge in [0.05, 0.1) is 35.2 Å². The third-order valence-corrected chi connectivity index (χ3v) is 10.0. The molecule has 1 amide bonds. The Balaban J connectivity index is 1.34. The standard InChI is InChI=1S/C27H36N6O3S/c1-18-9-10-22(14-19(18)2)25-15-24-17-31(11-7-13-33(24)29-25)27(34)23-8-6-12-32(16-23)37(35,36)26-20(3)28-30(5)21(26)4/h9-10,14-15,23H,6-8,11-13,16-17H2,1-5H3. The van der Waals surface area contributed by atoms with Gasteiger partial charge in [-0.3, -0.25) is 14.2 Å². The van der Waals surface area contributed by atoms with Crippen LogP contribution >= 0.6 is 0 Å². The molecule has 0 saturated carbocycles. The van der Waals surface area contributed by atoms with Gasteiger partial charge in [-0.1, -0.05) is 12.1 Å². The molecule has 4 heterocycles. The van der Waals surface area contributed by atoms with E-state index in [0.29, 0.717) is 43.9 Å². The molecule has 37 heavy (non-hydrogen) atoms. The van der Waals surface area contributed by atoms with E-state index in [4.69, 9.17) is 5.10 Å². The number of hydrogen-bond donors (Lipinski definition) is 0. The van der Waals surface area contributed by atoms with E-state index in [0.717, 1.165) is 29.9 Å².